The average Bonchev–Trinajstić information content (AvgIpc) is 3.24. The van der Waals surface area contributed by atoms with Crippen LogP contribution >= 0.6 is 11.6 Å². The van der Waals surface area contributed by atoms with Gasteiger partial charge in [-0.05, 0) is 49.2 Å². The molecule has 0 bridgehead atoms. The predicted molar refractivity (Wildman–Crippen MR) is 109 cm³/mol. The van der Waals surface area contributed by atoms with Gasteiger partial charge in [0, 0.05) is 29.6 Å². The van der Waals surface area contributed by atoms with Crippen molar-refractivity contribution >= 4 is 23.3 Å². The number of rotatable bonds is 3. The molecule has 1 N–H and O–H groups in total. The number of nitrogens with one attached hydrogen (secondary N) is 1. The largest absolute Gasteiger partial charge is 0.418 e. The highest BCUT2D eigenvalue weighted by Crippen LogP contribution is 2.35. The molecule has 2 amide bonds. The van der Waals surface area contributed by atoms with E-state index >= 15 is 0 Å². The lowest BCUT2D eigenvalue weighted by Gasteiger charge is -2.30. The first-order valence-corrected chi connectivity index (χ1v) is 10.0. The Morgan fingerprint density at radius 3 is 2.45 bits per heavy atom. The van der Waals surface area contributed by atoms with Gasteiger partial charge < -0.3 is 14.7 Å². The highest BCUT2D eigenvalue weighted by molar-refractivity contribution is 6.30. The van der Waals surface area contributed by atoms with Crippen molar-refractivity contribution in [2.45, 2.75) is 24.9 Å². The molecular weight excluding hydrogens is 433 g/mol. The fourth-order valence-corrected chi connectivity index (χ4v) is 3.61. The predicted octanol–water partition coefficient (Wildman–Crippen LogP) is 5.82. The summed E-state index contributed by atoms with van der Waals surface area (Å²) in [4.78, 5) is 18.4. The summed E-state index contributed by atoms with van der Waals surface area (Å²) < 4.78 is 44.8. The second kappa shape index (κ2) is 8.58. The molecule has 162 valence electrons. The molecule has 31 heavy (non-hydrogen) atoms. The van der Waals surface area contributed by atoms with Crippen LogP contribution in [0, 0.1) is 0 Å². The number of hydrogen-bond acceptors (Lipinski definition) is 4. The van der Waals surface area contributed by atoms with Gasteiger partial charge in [0.1, 0.15) is 0 Å². The van der Waals surface area contributed by atoms with Gasteiger partial charge in [0.2, 0.25) is 11.7 Å². The van der Waals surface area contributed by atoms with E-state index in [0.29, 0.717) is 42.7 Å². The summed E-state index contributed by atoms with van der Waals surface area (Å²) in [5.74, 6) is 0.906. The number of alkyl halides is 3. The van der Waals surface area contributed by atoms with E-state index < -0.39 is 17.8 Å². The van der Waals surface area contributed by atoms with Gasteiger partial charge in [-0.3, -0.25) is 0 Å². The maximum Gasteiger partial charge on any atom is 0.418 e. The van der Waals surface area contributed by atoms with Gasteiger partial charge in [0.25, 0.3) is 0 Å². The first-order valence-electron chi connectivity index (χ1n) is 9.63. The third kappa shape index (κ3) is 4.82. The Labute approximate surface area is 181 Å². The number of hydrogen-bond donors (Lipinski definition) is 1. The minimum Gasteiger partial charge on any atom is -0.339 e. The van der Waals surface area contributed by atoms with E-state index in [2.05, 4.69) is 15.5 Å². The number of urea groups is 1. The summed E-state index contributed by atoms with van der Waals surface area (Å²) >= 11 is 5.89. The van der Waals surface area contributed by atoms with Crippen LogP contribution in [0.5, 0.6) is 0 Å². The summed E-state index contributed by atoms with van der Waals surface area (Å²) in [6, 6.07) is 11.4. The number of amides is 2. The molecule has 1 saturated heterocycles. The molecule has 0 saturated carbocycles. The monoisotopic (exact) mass is 450 g/mol. The van der Waals surface area contributed by atoms with Crippen LogP contribution in [-0.4, -0.2) is 34.2 Å². The van der Waals surface area contributed by atoms with Crippen molar-refractivity contribution in [2.24, 2.45) is 0 Å². The molecule has 0 unspecified atom stereocenters. The highest BCUT2D eigenvalue weighted by Gasteiger charge is 2.34. The molecule has 4 rings (SSSR count). The molecule has 2 aromatic carbocycles. The summed E-state index contributed by atoms with van der Waals surface area (Å²) in [5.41, 5.74) is -0.356. The Kier molecular flexibility index (Phi) is 5.86. The summed E-state index contributed by atoms with van der Waals surface area (Å²) in [5, 5.41) is 6.99. The number of likely N-dealkylation sites (tertiary alicyclic amines) is 1. The molecule has 1 aliphatic heterocycles. The number of piperidine rings is 1. The van der Waals surface area contributed by atoms with Crippen LogP contribution in [0.3, 0.4) is 0 Å². The smallest absolute Gasteiger partial charge is 0.339 e. The van der Waals surface area contributed by atoms with Crippen molar-refractivity contribution in [1.29, 1.82) is 0 Å². The molecule has 10 heteroatoms. The minimum atomic E-state index is -4.55. The van der Waals surface area contributed by atoms with Crippen LogP contribution in [0.4, 0.5) is 23.7 Å². The van der Waals surface area contributed by atoms with Crippen LogP contribution in [-0.2, 0) is 6.18 Å². The number of carbonyl (C=O) groups excluding carboxylic acids is 1. The molecule has 2 heterocycles. The van der Waals surface area contributed by atoms with Crippen molar-refractivity contribution in [3.63, 3.8) is 0 Å². The van der Waals surface area contributed by atoms with E-state index in [9.17, 15) is 18.0 Å². The second-order valence-electron chi connectivity index (χ2n) is 7.20. The SMILES string of the molecule is O=C(Nc1ccccc1C(F)(F)F)N1CCC(c2nc(-c3ccc(Cl)cc3)no2)CC1. The number of benzene rings is 2. The zero-order valence-electron chi connectivity index (χ0n) is 16.2. The van der Waals surface area contributed by atoms with Crippen LogP contribution < -0.4 is 5.32 Å². The maximum absolute atomic E-state index is 13.1. The van der Waals surface area contributed by atoms with Crippen LogP contribution in [0.2, 0.25) is 5.02 Å². The normalized spacial score (nSPS) is 15.2. The van der Waals surface area contributed by atoms with Crippen LogP contribution in [0.25, 0.3) is 11.4 Å². The Bertz CT molecular complexity index is 1060. The molecule has 1 fully saturated rings. The Balaban J connectivity index is 1.37. The fraction of sp³-hybridized carbons (Fsp3) is 0.286. The van der Waals surface area contributed by atoms with Gasteiger partial charge in [-0.1, -0.05) is 28.9 Å². The number of aromatic nitrogens is 2. The molecular formula is C21H18ClF3N4O2. The molecule has 1 aromatic heterocycles. The van der Waals surface area contributed by atoms with Crippen molar-refractivity contribution < 1.29 is 22.5 Å². The number of nitrogens with zero attached hydrogens (tertiary/aromatic N) is 3. The summed E-state index contributed by atoms with van der Waals surface area (Å²) in [6.07, 6.45) is -3.41. The Morgan fingerprint density at radius 1 is 1.10 bits per heavy atom. The molecule has 0 spiro atoms. The van der Waals surface area contributed by atoms with Gasteiger partial charge in [0.15, 0.2) is 0 Å². The van der Waals surface area contributed by atoms with Crippen LogP contribution in [0.1, 0.15) is 30.2 Å². The fourth-order valence-electron chi connectivity index (χ4n) is 3.48. The second-order valence-corrected chi connectivity index (χ2v) is 7.63. The average molecular weight is 451 g/mol. The third-order valence-corrected chi connectivity index (χ3v) is 5.40. The van der Waals surface area contributed by atoms with E-state index in [1.165, 1.54) is 23.1 Å². The number of para-hydroxylation sites is 1. The summed E-state index contributed by atoms with van der Waals surface area (Å²) in [7, 11) is 0. The van der Waals surface area contributed by atoms with E-state index in [-0.39, 0.29) is 11.6 Å². The standard InChI is InChI=1S/C21H18ClF3N4O2/c22-15-7-5-13(6-8-15)18-27-19(31-28-18)14-9-11-29(12-10-14)20(30)26-17-4-2-1-3-16(17)21(23,24)25/h1-8,14H,9-12H2,(H,26,30). The van der Waals surface area contributed by atoms with Crippen molar-refractivity contribution in [3.8, 4) is 11.4 Å². The lowest BCUT2D eigenvalue weighted by atomic mass is 9.97. The Hall–Kier alpha value is -3.07. The lowest BCUT2D eigenvalue weighted by Crippen LogP contribution is -2.40. The number of carbonyl (C=O) groups is 1. The molecule has 3 aromatic rings. The van der Waals surface area contributed by atoms with Crippen LogP contribution in [0.15, 0.2) is 53.1 Å². The van der Waals surface area contributed by atoms with Crippen molar-refractivity contribution in [3.05, 3.63) is 65.0 Å². The van der Waals surface area contributed by atoms with E-state index in [4.69, 9.17) is 16.1 Å². The van der Waals surface area contributed by atoms with Gasteiger partial charge in [-0.15, -0.1) is 0 Å². The quantitative estimate of drug-likeness (QED) is 0.545. The van der Waals surface area contributed by atoms with Gasteiger partial charge in [-0.25, -0.2) is 4.79 Å². The number of anilines is 1. The molecule has 0 atom stereocenters. The first-order chi connectivity index (χ1) is 14.8. The topological polar surface area (TPSA) is 71.3 Å². The lowest BCUT2D eigenvalue weighted by molar-refractivity contribution is -0.136. The molecule has 6 nitrogen and oxygen atoms in total. The zero-order valence-corrected chi connectivity index (χ0v) is 17.0. The van der Waals surface area contributed by atoms with Crippen molar-refractivity contribution in [1.82, 2.24) is 15.0 Å². The van der Waals surface area contributed by atoms with Gasteiger partial charge in [0.05, 0.1) is 11.3 Å². The third-order valence-electron chi connectivity index (χ3n) is 5.15. The first kappa shape index (κ1) is 21.2. The molecule has 1 aliphatic rings. The van der Waals surface area contributed by atoms with Crippen molar-refractivity contribution in [2.75, 3.05) is 18.4 Å². The number of halogens is 4. The van der Waals surface area contributed by atoms with E-state index in [1.807, 2.05) is 0 Å². The van der Waals surface area contributed by atoms with Gasteiger partial charge >= 0.3 is 12.2 Å². The molecule has 0 aliphatic carbocycles. The highest BCUT2D eigenvalue weighted by atomic mass is 35.5. The van der Waals surface area contributed by atoms with E-state index in [0.717, 1.165) is 11.6 Å². The minimum absolute atomic E-state index is 0.0277. The van der Waals surface area contributed by atoms with E-state index in [1.54, 1.807) is 24.3 Å². The summed E-state index contributed by atoms with van der Waals surface area (Å²) in [6.45, 7) is 0.729. The van der Waals surface area contributed by atoms with Gasteiger partial charge in [-0.2, -0.15) is 18.2 Å². The Morgan fingerprint density at radius 2 is 1.77 bits per heavy atom. The maximum atomic E-state index is 13.1. The zero-order chi connectivity index (χ0) is 22.0. The molecule has 0 radical (unpaired) electrons.